The minimum absolute atomic E-state index is 0.113. The Labute approximate surface area is 166 Å². The monoisotopic (exact) mass is 380 g/mol. The molecule has 1 atom stereocenters. The smallest absolute Gasteiger partial charge is 0.292 e. The van der Waals surface area contributed by atoms with Gasteiger partial charge >= 0.3 is 0 Å². The number of para-hydroxylation sites is 1. The van der Waals surface area contributed by atoms with Gasteiger partial charge in [-0.25, -0.2) is 9.97 Å². The van der Waals surface area contributed by atoms with Crippen LogP contribution in [0.15, 0.2) is 24.3 Å². The molecule has 2 aliphatic rings. The first kappa shape index (κ1) is 18.7. The van der Waals surface area contributed by atoms with Gasteiger partial charge in [-0.15, -0.1) is 0 Å². The Morgan fingerprint density at radius 1 is 1.14 bits per heavy atom. The molecular formula is C21H28N6O. The van der Waals surface area contributed by atoms with Gasteiger partial charge in [0.05, 0.1) is 0 Å². The summed E-state index contributed by atoms with van der Waals surface area (Å²) in [5.74, 6) is 1.01. The van der Waals surface area contributed by atoms with Crippen LogP contribution in [0.5, 0.6) is 0 Å². The van der Waals surface area contributed by atoms with Crippen molar-refractivity contribution in [1.82, 2.24) is 14.9 Å². The average molecular weight is 380 g/mol. The summed E-state index contributed by atoms with van der Waals surface area (Å²) in [4.78, 5) is 28.7. The molecule has 0 spiro atoms. The van der Waals surface area contributed by atoms with Crippen LogP contribution in [0, 0.1) is 13.8 Å². The number of hydrogen-bond acceptors (Lipinski definition) is 6. The van der Waals surface area contributed by atoms with E-state index < -0.39 is 0 Å². The summed E-state index contributed by atoms with van der Waals surface area (Å²) >= 11 is 0. The maximum absolute atomic E-state index is 13.3. The molecule has 0 saturated carbocycles. The van der Waals surface area contributed by atoms with Crippen molar-refractivity contribution in [3.05, 3.63) is 46.9 Å². The van der Waals surface area contributed by atoms with Gasteiger partial charge in [-0.1, -0.05) is 18.2 Å². The van der Waals surface area contributed by atoms with E-state index in [9.17, 15) is 4.79 Å². The van der Waals surface area contributed by atoms with Crippen molar-refractivity contribution >= 4 is 17.4 Å². The number of carbonyl (C=O) groups is 1. The van der Waals surface area contributed by atoms with Gasteiger partial charge in [0.2, 0.25) is 5.82 Å². The highest BCUT2D eigenvalue weighted by Crippen LogP contribution is 2.26. The Morgan fingerprint density at radius 3 is 2.68 bits per heavy atom. The minimum Gasteiger partial charge on any atom is -0.373 e. The Bertz CT molecular complexity index is 898. The number of likely N-dealkylation sites (N-methyl/N-ethyl adjacent to an activating group) is 1. The third kappa shape index (κ3) is 3.42. The molecule has 0 unspecified atom stereocenters. The molecule has 4 rings (SSSR count). The van der Waals surface area contributed by atoms with Crippen molar-refractivity contribution < 1.29 is 4.79 Å². The molecule has 1 aromatic carbocycles. The molecule has 1 fully saturated rings. The molecule has 1 saturated heterocycles. The van der Waals surface area contributed by atoms with Gasteiger partial charge in [0.25, 0.3) is 5.91 Å². The van der Waals surface area contributed by atoms with Crippen molar-refractivity contribution in [2.75, 3.05) is 43.0 Å². The number of rotatable bonds is 2. The highest BCUT2D eigenvalue weighted by Gasteiger charge is 2.27. The molecule has 2 N–H and O–H groups in total. The van der Waals surface area contributed by atoms with Gasteiger partial charge < -0.3 is 20.4 Å². The maximum atomic E-state index is 13.3. The van der Waals surface area contributed by atoms with E-state index in [0.29, 0.717) is 13.1 Å². The largest absolute Gasteiger partial charge is 0.373 e. The molecule has 28 heavy (non-hydrogen) atoms. The summed E-state index contributed by atoms with van der Waals surface area (Å²) in [6.45, 7) is 7.59. The number of carbonyl (C=O) groups excluding carboxylic acids is 1. The highest BCUT2D eigenvalue weighted by molar-refractivity contribution is 5.91. The van der Waals surface area contributed by atoms with Crippen molar-refractivity contribution in [2.45, 2.75) is 32.9 Å². The van der Waals surface area contributed by atoms with Crippen LogP contribution in [-0.2, 0) is 6.54 Å². The van der Waals surface area contributed by atoms with Crippen molar-refractivity contribution in [1.29, 1.82) is 0 Å². The van der Waals surface area contributed by atoms with E-state index in [1.807, 2.05) is 30.9 Å². The molecule has 0 bridgehead atoms. The second-order valence-corrected chi connectivity index (χ2v) is 7.85. The zero-order valence-electron chi connectivity index (χ0n) is 16.9. The van der Waals surface area contributed by atoms with Gasteiger partial charge in [-0.05, 0) is 31.9 Å². The number of nitrogens with two attached hydrogens (primary N) is 1. The van der Waals surface area contributed by atoms with Crippen LogP contribution < -0.4 is 15.5 Å². The molecule has 0 aliphatic carbocycles. The van der Waals surface area contributed by atoms with Crippen molar-refractivity contribution in [3.63, 3.8) is 0 Å². The summed E-state index contributed by atoms with van der Waals surface area (Å²) in [5, 5.41) is 0. The Balaban J connectivity index is 1.64. The zero-order valence-corrected chi connectivity index (χ0v) is 16.9. The predicted octanol–water partition coefficient (Wildman–Crippen LogP) is 1.72. The van der Waals surface area contributed by atoms with Crippen LogP contribution in [0.4, 0.5) is 11.5 Å². The Morgan fingerprint density at radius 2 is 1.93 bits per heavy atom. The lowest BCUT2D eigenvalue weighted by Gasteiger charge is -2.23. The normalized spacial score (nSPS) is 19.6. The van der Waals surface area contributed by atoms with Gasteiger partial charge in [-0.2, -0.15) is 0 Å². The number of hydrogen-bond donors (Lipinski definition) is 1. The predicted molar refractivity (Wildman–Crippen MR) is 111 cm³/mol. The van der Waals surface area contributed by atoms with E-state index in [-0.39, 0.29) is 17.8 Å². The molecule has 2 aromatic rings. The highest BCUT2D eigenvalue weighted by atomic mass is 16.2. The number of fused-ring (bicyclic) bond motifs is 1. The lowest BCUT2D eigenvalue weighted by atomic mass is 10.1. The standard InChI is InChI=1S/C21H28N6O/c1-14-15(2)23-19(24-20(14)26-9-8-17(22)13-26)21(28)27-11-10-25(3)18-7-5-4-6-16(18)12-27/h4-7,17H,8-13,22H2,1-3H3/t17-/m1/s1. The van der Waals surface area contributed by atoms with Crippen molar-refractivity contribution in [3.8, 4) is 0 Å². The number of aromatic nitrogens is 2. The van der Waals surface area contributed by atoms with Gasteiger partial charge in [0.1, 0.15) is 5.82 Å². The van der Waals surface area contributed by atoms with Gasteiger partial charge in [-0.3, -0.25) is 4.79 Å². The fourth-order valence-corrected chi connectivity index (χ4v) is 4.00. The second kappa shape index (κ2) is 7.39. The molecule has 7 nitrogen and oxygen atoms in total. The third-order valence-corrected chi connectivity index (χ3v) is 5.84. The molecule has 0 radical (unpaired) electrons. The second-order valence-electron chi connectivity index (χ2n) is 7.85. The topological polar surface area (TPSA) is 78.6 Å². The minimum atomic E-state index is -0.113. The van der Waals surface area contributed by atoms with E-state index in [4.69, 9.17) is 5.73 Å². The van der Waals surface area contributed by atoms with E-state index in [1.165, 1.54) is 5.69 Å². The quantitative estimate of drug-likeness (QED) is 0.855. The van der Waals surface area contributed by atoms with E-state index in [2.05, 4.69) is 38.9 Å². The van der Waals surface area contributed by atoms with Crippen LogP contribution >= 0.6 is 0 Å². The summed E-state index contributed by atoms with van der Waals surface area (Å²) in [6, 6.07) is 8.39. The summed E-state index contributed by atoms with van der Waals surface area (Å²) in [7, 11) is 2.06. The van der Waals surface area contributed by atoms with Crippen molar-refractivity contribution in [2.24, 2.45) is 5.73 Å². The maximum Gasteiger partial charge on any atom is 0.292 e. The lowest BCUT2D eigenvalue weighted by molar-refractivity contribution is 0.0739. The van der Waals surface area contributed by atoms with Crippen LogP contribution in [0.1, 0.15) is 33.9 Å². The number of benzene rings is 1. The summed E-state index contributed by atoms with van der Waals surface area (Å²) in [5.41, 5.74) is 10.3. The SMILES string of the molecule is Cc1nc(C(=O)N2CCN(C)c3ccccc3C2)nc(N2CC[C@@H](N)C2)c1C. The Hall–Kier alpha value is -2.67. The molecule has 2 aliphatic heterocycles. The number of anilines is 2. The van der Waals surface area contributed by atoms with Crippen LogP contribution in [0.25, 0.3) is 0 Å². The molecular weight excluding hydrogens is 352 g/mol. The molecule has 3 heterocycles. The third-order valence-electron chi connectivity index (χ3n) is 5.84. The van der Waals surface area contributed by atoms with Crippen LogP contribution in [0.3, 0.4) is 0 Å². The number of aryl methyl sites for hydroxylation is 1. The van der Waals surface area contributed by atoms with E-state index in [1.54, 1.807) is 0 Å². The molecule has 148 valence electrons. The van der Waals surface area contributed by atoms with E-state index >= 15 is 0 Å². The fraction of sp³-hybridized carbons (Fsp3) is 0.476. The lowest BCUT2D eigenvalue weighted by Crippen LogP contribution is -2.36. The zero-order chi connectivity index (χ0) is 19.8. The first-order valence-corrected chi connectivity index (χ1v) is 9.88. The summed E-state index contributed by atoms with van der Waals surface area (Å²) in [6.07, 6.45) is 0.945. The van der Waals surface area contributed by atoms with E-state index in [0.717, 1.165) is 48.7 Å². The fourth-order valence-electron chi connectivity index (χ4n) is 4.00. The first-order valence-electron chi connectivity index (χ1n) is 9.88. The molecule has 7 heteroatoms. The van der Waals surface area contributed by atoms with Crippen LogP contribution in [-0.4, -0.2) is 60.0 Å². The molecule has 1 aromatic heterocycles. The first-order chi connectivity index (χ1) is 13.4. The van der Waals surface area contributed by atoms with Crippen LogP contribution in [0.2, 0.25) is 0 Å². The van der Waals surface area contributed by atoms with Gasteiger partial charge in [0, 0.05) is 62.8 Å². The summed E-state index contributed by atoms with van der Waals surface area (Å²) < 4.78 is 0. The average Bonchev–Trinajstić information content (AvgIpc) is 3.04. The Kier molecular flexibility index (Phi) is 4.93. The molecule has 1 amide bonds. The number of amides is 1. The van der Waals surface area contributed by atoms with Gasteiger partial charge in [0.15, 0.2) is 0 Å². The number of nitrogens with zero attached hydrogens (tertiary/aromatic N) is 5.